The Morgan fingerprint density at radius 1 is 1.11 bits per heavy atom. The molecule has 5 rings (SSSR count). The lowest BCUT2D eigenvalue weighted by molar-refractivity contribution is 0.123. The van der Waals surface area contributed by atoms with Crippen LogP contribution < -0.4 is 16.0 Å². The molecule has 0 aromatic carbocycles. The average Bonchev–Trinajstić information content (AvgIpc) is 3.54. The largest absolute Gasteiger partial charge is 0.357 e. The molecule has 4 heterocycles. The van der Waals surface area contributed by atoms with Gasteiger partial charge in [-0.3, -0.25) is 9.78 Å². The van der Waals surface area contributed by atoms with E-state index in [1.54, 1.807) is 24.6 Å². The van der Waals surface area contributed by atoms with Crippen LogP contribution in [0, 0.1) is 0 Å². The lowest BCUT2D eigenvalue weighted by atomic mass is 9.91. The Balaban J connectivity index is 1.11. The minimum absolute atomic E-state index is 0.119. The van der Waals surface area contributed by atoms with Crippen LogP contribution in [0.4, 0.5) is 10.7 Å². The van der Waals surface area contributed by atoms with Crippen molar-refractivity contribution >= 4 is 40.4 Å². The Hall–Kier alpha value is -2.79. The normalized spacial score (nSPS) is 23.4. The minimum Gasteiger partial charge on any atom is -0.357 e. The van der Waals surface area contributed by atoms with Crippen molar-refractivity contribution in [3.8, 4) is 10.6 Å². The van der Waals surface area contributed by atoms with Crippen LogP contribution in [0.15, 0.2) is 52.9 Å². The number of methoxy groups -OCH3 is 1. The van der Waals surface area contributed by atoms with Gasteiger partial charge < -0.3 is 20.7 Å². The van der Waals surface area contributed by atoms with Crippen LogP contribution in [0.5, 0.6) is 0 Å². The van der Waals surface area contributed by atoms with Gasteiger partial charge in [-0.1, -0.05) is 12.1 Å². The van der Waals surface area contributed by atoms with Gasteiger partial charge >= 0.3 is 0 Å². The first-order valence-electron chi connectivity index (χ1n) is 11.7. The molecule has 1 aliphatic heterocycles. The third-order valence-electron chi connectivity index (χ3n) is 6.13. The molecular weight excluding hydrogens is 480 g/mol. The maximum Gasteiger partial charge on any atom is 0.285 e. The summed E-state index contributed by atoms with van der Waals surface area (Å²) >= 11 is 2.85. The van der Waals surface area contributed by atoms with Crippen LogP contribution in [0.2, 0.25) is 0 Å². The van der Waals surface area contributed by atoms with Crippen molar-refractivity contribution in [3.05, 3.63) is 64.3 Å². The van der Waals surface area contributed by atoms with E-state index in [1.165, 1.54) is 4.88 Å². The number of nitrogens with zero attached hydrogens (tertiary/aromatic N) is 3. The summed E-state index contributed by atoms with van der Waals surface area (Å²) in [5.74, 6) is 0.613. The van der Waals surface area contributed by atoms with Crippen LogP contribution in [-0.4, -0.2) is 45.6 Å². The molecule has 1 aliphatic carbocycles. The van der Waals surface area contributed by atoms with Crippen molar-refractivity contribution in [3.63, 3.8) is 0 Å². The van der Waals surface area contributed by atoms with Gasteiger partial charge in [-0.25, -0.2) is 9.97 Å². The van der Waals surface area contributed by atoms with Gasteiger partial charge in [0.15, 0.2) is 6.23 Å². The molecule has 3 aromatic heterocycles. The van der Waals surface area contributed by atoms with E-state index >= 15 is 0 Å². The first-order chi connectivity index (χ1) is 17.2. The Morgan fingerprint density at radius 3 is 2.77 bits per heavy atom. The summed E-state index contributed by atoms with van der Waals surface area (Å²) in [6, 6.07) is 13.1. The first-order valence-corrected chi connectivity index (χ1v) is 13.4. The number of pyridine rings is 1. The Labute approximate surface area is 213 Å². The summed E-state index contributed by atoms with van der Waals surface area (Å²) in [6.45, 7) is 0.777. The number of anilines is 1. The molecule has 0 bridgehead atoms. The van der Waals surface area contributed by atoms with E-state index in [0.717, 1.165) is 66.0 Å². The second-order valence-electron chi connectivity index (χ2n) is 8.57. The number of carbonyl (C=O) groups is 1. The van der Waals surface area contributed by atoms with Gasteiger partial charge in [0.2, 0.25) is 5.95 Å². The average molecular weight is 509 g/mol. The molecule has 1 unspecified atom stereocenters. The van der Waals surface area contributed by atoms with Gasteiger partial charge in [0.25, 0.3) is 5.24 Å². The summed E-state index contributed by atoms with van der Waals surface area (Å²) in [6.07, 6.45) is 7.46. The number of rotatable bonds is 8. The first kappa shape index (κ1) is 23.9. The molecule has 182 valence electrons. The van der Waals surface area contributed by atoms with Gasteiger partial charge in [0.1, 0.15) is 0 Å². The van der Waals surface area contributed by atoms with Crippen molar-refractivity contribution in [2.75, 3.05) is 12.4 Å². The minimum atomic E-state index is -0.421. The van der Waals surface area contributed by atoms with E-state index in [-0.39, 0.29) is 5.24 Å². The zero-order valence-electron chi connectivity index (χ0n) is 19.4. The lowest BCUT2D eigenvalue weighted by Gasteiger charge is -2.29. The van der Waals surface area contributed by atoms with Crippen LogP contribution >= 0.6 is 23.1 Å². The summed E-state index contributed by atoms with van der Waals surface area (Å²) in [4.78, 5) is 27.5. The number of thiophene rings is 1. The van der Waals surface area contributed by atoms with Crippen LogP contribution in [0.3, 0.4) is 0 Å². The lowest BCUT2D eigenvalue weighted by Crippen LogP contribution is -2.37. The Kier molecular flexibility index (Phi) is 7.72. The highest BCUT2D eigenvalue weighted by atomic mass is 32.2. The summed E-state index contributed by atoms with van der Waals surface area (Å²) < 4.78 is 5.31. The zero-order valence-corrected chi connectivity index (χ0v) is 21.1. The standard InChI is InChI=1S/C25H28N6O2S2/c1-33-23-22(35-25(32)31-23)14-18-11-12-26-24(30-18)29-17-9-7-16(8-10-17)27-15-19-4-2-5-20(28-19)21-6-3-13-34-21/h2-6,11-14,16-17,23,27H,7-10,15H2,1H3,(H,31,32)(H,26,29,30). The fraction of sp³-hybridized carbons (Fsp3) is 0.360. The number of amides is 1. The van der Waals surface area contributed by atoms with Crippen molar-refractivity contribution in [1.29, 1.82) is 0 Å². The highest BCUT2D eigenvalue weighted by molar-refractivity contribution is 8.17. The summed E-state index contributed by atoms with van der Waals surface area (Å²) in [5.41, 5.74) is 2.86. The molecular formula is C25H28N6O2S2. The van der Waals surface area contributed by atoms with Gasteiger partial charge in [0, 0.05) is 36.8 Å². The number of aromatic nitrogens is 3. The predicted molar refractivity (Wildman–Crippen MR) is 141 cm³/mol. The molecule has 2 aliphatic rings. The van der Waals surface area contributed by atoms with Crippen LogP contribution in [-0.2, 0) is 11.3 Å². The summed E-state index contributed by atoms with van der Waals surface area (Å²) in [7, 11) is 1.57. The van der Waals surface area contributed by atoms with E-state index in [9.17, 15) is 4.79 Å². The van der Waals surface area contributed by atoms with E-state index in [4.69, 9.17) is 9.72 Å². The predicted octanol–water partition coefficient (Wildman–Crippen LogP) is 4.88. The molecule has 35 heavy (non-hydrogen) atoms. The van der Waals surface area contributed by atoms with E-state index in [1.807, 2.05) is 12.1 Å². The van der Waals surface area contributed by atoms with Gasteiger partial charge in [-0.05, 0) is 73.2 Å². The quantitative estimate of drug-likeness (QED) is 0.396. The number of carbonyl (C=O) groups excluding carboxylic acids is 1. The number of hydrogen-bond donors (Lipinski definition) is 3. The molecule has 3 N–H and O–H groups in total. The third-order valence-corrected chi connectivity index (χ3v) is 7.90. The van der Waals surface area contributed by atoms with Crippen molar-refractivity contribution in [2.45, 2.75) is 50.5 Å². The zero-order chi connectivity index (χ0) is 24.0. The van der Waals surface area contributed by atoms with Crippen molar-refractivity contribution < 1.29 is 9.53 Å². The highest BCUT2D eigenvalue weighted by Crippen LogP contribution is 2.30. The highest BCUT2D eigenvalue weighted by Gasteiger charge is 2.27. The smallest absolute Gasteiger partial charge is 0.285 e. The molecule has 1 atom stereocenters. The molecule has 1 saturated heterocycles. The monoisotopic (exact) mass is 508 g/mol. The second-order valence-corrected chi connectivity index (χ2v) is 10.6. The van der Waals surface area contributed by atoms with Gasteiger partial charge in [0.05, 0.1) is 22.0 Å². The van der Waals surface area contributed by atoms with E-state index in [0.29, 0.717) is 18.0 Å². The molecule has 1 saturated carbocycles. The molecule has 3 aromatic rings. The molecule has 1 amide bonds. The molecule has 2 fully saturated rings. The number of thioether (sulfide) groups is 1. The van der Waals surface area contributed by atoms with Gasteiger partial charge in [-0.15, -0.1) is 11.3 Å². The SMILES string of the molecule is COC1NC(=O)SC1=Cc1ccnc(NC2CCC(NCc3cccc(-c4cccs4)n3)CC2)n1. The maximum atomic E-state index is 11.6. The fourth-order valence-electron chi connectivity index (χ4n) is 4.33. The molecule has 10 heteroatoms. The Bertz CT molecular complexity index is 1180. The van der Waals surface area contributed by atoms with Crippen LogP contribution in [0.25, 0.3) is 16.6 Å². The van der Waals surface area contributed by atoms with Crippen LogP contribution in [0.1, 0.15) is 37.1 Å². The molecule has 8 nitrogen and oxygen atoms in total. The molecule has 0 spiro atoms. The van der Waals surface area contributed by atoms with E-state index < -0.39 is 6.23 Å². The van der Waals surface area contributed by atoms with E-state index in [2.05, 4.69) is 61.6 Å². The summed E-state index contributed by atoms with van der Waals surface area (Å²) in [5, 5.41) is 11.9. The van der Waals surface area contributed by atoms with Gasteiger partial charge in [-0.2, -0.15) is 0 Å². The topological polar surface area (TPSA) is 101 Å². The number of hydrogen-bond acceptors (Lipinski definition) is 9. The second kappa shape index (κ2) is 11.3. The number of nitrogens with one attached hydrogen (secondary N) is 3. The number of ether oxygens (including phenoxy) is 1. The third kappa shape index (κ3) is 6.26. The van der Waals surface area contributed by atoms with Crippen molar-refractivity contribution in [2.24, 2.45) is 0 Å². The Morgan fingerprint density at radius 2 is 1.97 bits per heavy atom. The van der Waals surface area contributed by atoms with Crippen molar-refractivity contribution in [1.82, 2.24) is 25.6 Å². The molecule has 0 radical (unpaired) electrons. The fourth-order valence-corrected chi connectivity index (χ4v) is 5.85. The maximum absolute atomic E-state index is 11.6.